The van der Waals surface area contributed by atoms with E-state index in [1.165, 1.54) is 24.8 Å². The number of hydrogen-bond donors (Lipinski definition) is 0. The molecule has 25 heavy (non-hydrogen) atoms. The average Bonchev–Trinajstić information content (AvgIpc) is 3.39. The zero-order valence-electron chi connectivity index (χ0n) is 16.0. The molecular formula is C20H31N3O2. The summed E-state index contributed by atoms with van der Waals surface area (Å²) < 4.78 is 5.58. The van der Waals surface area contributed by atoms with Gasteiger partial charge >= 0.3 is 6.09 Å². The SMILES string of the molecule is CCN1CCCCC1c1ccc(N(C(=O)OC(C)(C)C)C2CC2)nc1. The van der Waals surface area contributed by atoms with Crippen molar-refractivity contribution in [3.8, 4) is 0 Å². The molecule has 0 radical (unpaired) electrons. The Morgan fingerprint density at radius 2 is 2.04 bits per heavy atom. The number of pyridine rings is 1. The van der Waals surface area contributed by atoms with Crippen LogP contribution in [0.4, 0.5) is 10.6 Å². The fraction of sp³-hybridized carbons (Fsp3) is 0.700. The van der Waals surface area contributed by atoms with E-state index in [9.17, 15) is 4.79 Å². The summed E-state index contributed by atoms with van der Waals surface area (Å²) in [6.45, 7) is 10.1. The predicted octanol–water partition coefficient (Wildman–Crippen LogP) is 4.53. The maximum atomic E-state index is 12.6. The van der Waals surface area contributed by atoms with Crippen LogP contribution in [0, 0.1) is 0 Å². The van der Waals surface area contributed by atoms with Crippen molar-refractivity contribution in [3.05, 3.63) is 23.9 Å². The van der Waals surface area contributed by atoms with Crippen molar-refractivity contribution in [3.63, 3.8) is 0 Å². The van der Waals surface area contributed by atoms with Gasteiger partial charge in [-0.2, -0.15) is 0 Å². The van der Waals surface area contributed by atoms with Crippen LogP contribution in [0.5, 0.6) is 0 Å². The van der Waals surface area contributed by atoms with E-state index in [0.29, 0.717) is 11.9 Å². The molecule has 2 heterocycles. The van der Waals surface area contributed by atoms with Gasteiger partial charge in [0.05, 0.1) is 0 Å². The second kappa shape index (κ2) is 7.32. The van der Waals surface area contributed by atoms with Gasteiger partial charge in [-0.1, -0.05) is 19.4 Å². The first kappa shape index (κ1) is 18.2. The van der Waals surface area contributed by atoms with E-state index < -0.39 is 5.60 Å². The Morgan fingerprint density at radius 1 is 1.28 bits per heavy atom. The molecule has 1 aromatic heterocycles. The number of ether oxygens (including phenoxy) is 1. The van der Waals surface area contributed by atoms with Crippen molar-refractivity contribution in [2.45, 2.75) is 77.5 Å². The van der Waals surface area contributed by atoms with Crippen LogP contribution in [0.3, 0.4) is 0 Å². The standard InChI is InChI=1S/C20H31N3O2/c1-5-22-13-7-6-8-17(22)15-9-12-18(21-14-15)23(16-10-11-16)19(24)25-20(2,3)4/h9,12,14,16-17H,5-8,10-11,13H2,1-4H3. The Kier molecular flexibility index (Phi) is 5.32. The Bertz CT molecular complexity index is 590. The third-order valence-corrected chi connectivity index (χ3v) is 4.92. The number of piperidine rings is 1. The highest BCUT2D eigenvalue weighted by Crippen LogP contribution is 2.34. The summed E-state index contributed by atoms with van der Waals surface area (Å²) in [6.07, 6.45) is 7.45. The van der Waals surface area contributed by atoms with E-state index in [0.717, 1.165) is 25.9 Å². The first-order chi connectivity index (χ1) is 11.9. The first-order valence-corrected chi connectivity index (χ1v) is 9.61. The number of anilines is 1. The molecule has 0 N–H and O–H groups in total. The van der Waals surface area contributed by atoms with Gasteiger partial charge in [-0.25, -0.2) is 9.78 Å². The summed E-state index contributed by atoms with van der Waals surface area (Å²) in [5.41, 5.74) is 0.763. The van der Waals surface area contributed by atoms with E-state index in [4.69, 9.17) is 4.74 Å². The lowest BCUT2D eigenvalue weighted by molar-refractivity contribution is 0.0576. The van der Waals surface area contributed by atoms with Gasteiger partial charge in [0, 0.05) is 18.3 Å². The lowest BCUT2D eigenvalue weighted by Gasteiger charge is -2.35. The molecular weight excluding hydrogens is 314 g/mol. The third kappa shape index (κ3) is 4.51. The van der Waals surface area contributed by atoms with Crippen molar-refractivity contribution < 1.29 is 9.53 Å². The minimum absolute atomic E-state index is 0.232. The molecule has 0 bridgehead atoms. The van der Waals surface area contributed by atoms with Crippen molar-refractivity contribution in [1.82, 2.24) is 9.88 Å². The topological polar surface area (TPSA) is 45.7 Å². The summed E-state index contributed by atoms with van der Waals surface area (Å²) in [5.74, 6) is 0.708. The zero-order valence-corrected chi connectivity index (χ0v) is 16.0. The van der Waals surface area contributed by atoms with Crippen molar-refractivity contribution in [2.75, 3.05) is 18.0 Å². The third-order valence-electron chi connectivity index (χ3n) is 4.92. The van der Waals surface area contributed by atoms with Crippen LogP contribution < -0.4 is 4.90 Å². The molecule has 1 atom stereocenters. The molecule has 0 spiro atoms. The molecule has 5 nitrogen and oxygen atoms in total. The summed E-state index contributed by atoms with van der Waals surface area (Å²) in [4.78, 5) is 21.5. The Labute approximate surface area is 151 Å². The van der Waals surface area contributed by atoms with Crippen LogP contribution >= 0.6 is 0 Å². The van der Waals surface area contributed by atoms with Gasteiger partial charge in [0.1, 0.15) is 11.4 Å². The number of hydrogen-bond acceptors (Lipinski definition) is 4. The zero-order chi connectivity index (χ0) is 18.0. The van der Waals surface area contributed by atoms with Crippen molar-refractivity contribution >= 4 is 11.9 Å². The summed E-state index contributed by atoms with van der Waals surface area (Å²) in [6, 6.07) is 4.81. The number of aromatic nitrogens is 1. The molecule has 1 saturated carbocycles. The number of carbonyl (C=O) groups excluding carboxylic acids is 1. The predicted molar refractivity (Wildman–Crippen MR) is 99.8 cm³/mol. The van der Waals surface area contributed by atoms with Gasteiger partial charge < -0.3 is 4.74 Å². The highest BCUT2D eigenvalue weighted by atomic mass is 16.6. The van der Waals surface area contributed by atoms with Gasteiger partial charge in [0.25, 0.3) is 0 Å². The molecule has 1 aromatic rings. The van der Waals surface area contributed by atoms with Crippen LogP contribution in [0.1, 0.15) is 71.4 Å². The van der Waals surface area contributed by atoms with E-state index in [2.05, 4.69) is 22.9 Å². The van der Waals surface area contributed by atoms with Crippen LogP contribution in [0.2, 0.25) is 0 Å². The summed E-state index contributed by atoms with van der Waals surface area (Å²) >= 11 is 0. The molecule has 2 aliphatic rings. The van der Waals surface area contributed by atoms with Gasteiger partial charge in [0.15, 0.2) is 0 Å². The fourth-order valence-corrected chi connectivity index (χ4v) is 3.56. The first-order valence-electron chi connectivity index (χ1n) is 9.61. The molecule has 2 fully saturated rings. The molecule has 1 aliphatic heterocycles. The Balaban J connectivity index is 1.76. The number of rotatable bonds is 4. The molecule has 1 unspecified atom stereocenters. The highest BCUT2D eigenvalue weighted by molar-refractivity contribution is 5.88. The second-order valence-corrected chi connectivity index (χ2v) is 8.17. The van der Waals surface area contributed by atoms with Crippen LogP contribution in [-0.2, 0) is 4.74 Å². The molecule has 1 aliphatic carbocycles. The van der Waals surface area contributed by atoms with Crippen molar-refractivity contribution in [2.24, 2.45) is 0 Å². The molecule has 1 saturated heterocycles. The minimum Gasteiger partial charge on any atom is -0.443 e. The minimum atomic E-state index is -0.492. The lowest BCUT2D eigenvalue weighted by atomic mass is 9.96. The number of likely N-dealkylation sites (tertiary alicyclic amines) is 1. The quantitative estimate of drug-likeness (QED) is 0.804. The van der Waals surface area contributed by atoms with Gasteiger partial charge in [0.2, 0.25) is 0 Å². The average molecular weight is 345 g/mol. The second-order valence-electron chi connectivity index (χ2n) is 8.17. The Hall–Kier alpha value is -1.62. The fourth-order valence-electron chi connectivity index (χ4n) is 3.56. The molecule has 5 heteroatoms. The largest absolute Gasteiger partial charge is 0.443 e. The molecule has 0 aromatic carbocycles. The molecule has 3 rings (SSSR count). The van der Waals surface area contributed by atoms with E-state index >= 15 is 0 Å². The van der Waals surface area contributed by atoms with Crippen LogP contribution in [0.15, 0.2) is 18.3 Å². The normalized spacial score (nSPS) is 21.8. The highest BCUT2D eigenvalue weighted by Gasteiger charge is 2.37. The smallest absolute Gasteiger partial charge is 0.416 e. The summed E-state index contributed by atoms with van der Waals surface area (Å²) in [7, 11) is 0. The van der Waals surface area contributed by atoms with Crippen LogP contribution in [-0.4, -0.2) is 40.7 Å². The van der Waals surface area contributed by atoms with Gasteiger partial charge in [-0.15, -0.1) is 0 Å². The van der Waals surface area contributed by atoms with Crippen molar-refractivity contribution in [1.29, 1.82) is 0 Å². The number of amides is 1. The van der Waals surface area contributed by atoms with E-state index in [-0.39, 0.29) is 12.1 Å². The number of nitrogens with zero attached hydrogens (tertiary/aromatic N) is 3. The van der Waals surface area contributed by atoms with Gasteiger partial charge in [-0.3, -0.25) is 9.80 Å². The van der Waals surface area contributed by atoms with Gasteiger partial charge in [-0.05, 0) is 71.2 Å². The maximum Gasteiger partial charge on any atom is 0.416 e. The van der Waals surface area contributed by atoms with E-state index in [1.54, 1.807) is 4.90 Å². The van der Waals surface area contributed by atoms with Crippen LogP contribution in [0.25, 0.3) is 0 Å². The molecule has 138 valence electrons. The monoisotopic (exact) mass is 345 g/mol. The molecule has 1 amide bonds. The van der Waals surface area contributed by atoms with E-state index in [1.807, 2.05) is 33.0 Å². The summed E-state index contributed by atoms with van der Waals surface area (Å²) in [5, 5.41) is 0. The Morgan fingerprint density at radius 3 is 2.60 bits per heavy atom. The lowest BCUT2D eigenvalue weighted by Crippen LogP contribution is -2.39. The number of carbonyl (C=O) groups is 1. The maximum absolute atomic E-state index is 12.6.